The van der Waals surface area contributed by atoms with E-state index in [9.17, 15) is 13.2 Å². The number of benzene rings is 1. The molecule has 0 heterocycles. The molecule has 0 aliphatic rings. The van der Waals surface area contributed by atoms with Crippen molar-refractivity contribution in [3.8, 4) is 0 Å². The number of ether oxygens (including phenoxy) is 1. The molecule has 0 unspecified atom stereocenters. The second-order valence-electron chi connectivity index (χ2n) is 5.55. The van der Waals surface area contributed by atoms with Crippen LogP contribution in [0.15, 0.2) is 23.1 Å². The molecule has 5 nitrogen and oxygen atoms in total. The van der Waals surface area contributed by atoms with Crippen molar-refractivity contribution < 1.29 is 17.9 Å². The van der Waals surface area contributed by atoms with E-state index in [1.54, 1.807) is 12.0 Å². The zero-order valence-electron chi connectivity index (χ0n) is 13.3. The molecule has 0 aliphatic heterocycles. The van der Waals surface area contributed by atoms with Crippen molar-refractivity contribution in [2.75, 3.05) is 33.1 Å². The lowest BCUT2D eigenvalue weighted by Crippen LogP contribution is -2.37. The molecule has 0 aromatic heterocycles. The number of carbonyl (C=O) groups is 1. The van der Waals surface area contributed by atoms with Crippen LogP contribution in [0, 0.1) is 5.92 Å². The summed E-state index contributed by atoms with van der Waals surface area (Å²) in [4.78, 5) is 14.4. The molecule has 1 amide bonds. The minimum Gasteiger partial charge on any atom is -0.383 e. The maximum atomic E-state index is 12.7. The van der Waals surface area contributed by atoms with Crippen molar-refractivity contribution in [2.45, 2.75) is 18.7 Å². The maximum absolute atomic E-state index is 12.7. The highest BCUT2D eigenvalue weighted by Gasteiger charge is 2.21. The van der Waals surface area contributed by atoms with Crippen LogP contribution in [0.5, 0.6) is 0 Å². The van der Waals surface area contributed by atoms with Gasteiger partial charge in [0.15, 0.2) is 9.84 Å². The summed E-state index contributed by atoms with van der Waals surface area (Å²) < 4.78 is 28.3. The number of methoxy groups -OCH3 is 1. The number of halogens is 1. The molecule has 124 valence electrons. The predicted octanol–water partition coefficient (Wildman–Crippen LogP) is 2.49. The lowest BCUT2D eigenvalue weighted by Gasteiger charge is -2.25. The van der Waals surface area contributed by atoms with Gasteiger partial charge in [-0.1, -0.05) is 25.4 Å². The fourth-order valence-corrected chi connectivity index (χ4v) is 2.83. The smallest absolute Gasteiger partial charge is 0.255 e. The van der Waals surface area contributed by atoms with Crippen LogP contribution in [0.4, 0.5) is 0 Å². The Morgan fingerprint density at radius 3 is 2.50 bits per heavy atom. The molecule has 0 N–H and O–H groups in total. The van der Waals surface area contributed by atoms with Crippen LogP contribution in [-0.2, 0) is 14.6 Å². The Balaban J connectivity index is 3.17. The van der Waals surface area contributed by atoms with E-state index < -0.39 is 9.84 Å². The summed E-state index contributed by atoms with van der Waals surface area (Å²) in [6.07, 6.45) is 1.10. The fraction of sp³-hybridized carbons (Fsp3) is 0.533. The summed E-state index contributed by atoms with van der Waals surface area (Å²) >= 11 is 6.08. The van der Waals surface area contributed by atoms with Gasteiger partial charge >= 0.3 is 0 Å². The van der Waals surface area contributed by atoms with Crippen molar-refractivity contribution in [1.29, 1.82) is 0 Å². The lowest BCUT2D eigenvalue weighted by molar-refractivity contribution is 0.0672. The molecule has 0 fully saturated rings. The van der Waals surface area contributed by atoms with Gasteiger partial charge < -0.3 is 9.64 Å². The van der Waals surface area contributed by atoms with Crippen molar-refractivity contribution in [3.63, 3.8) is 0 Å². The van der Waals surface area contributed by atoms with E-state index in [-0.39, 0.29) is 27.3 Å². The summed E-state index contributed by atoms with van der Waals surface area (Å²) in [6.45, 7) is 5.37. The zero-order valence-corrected chi connectivity index (χ0v) is 14.9. The predicted molar refractivity (Wildman–Crippen MR) is 87.2 cm³/mol. The average Bonchev–Trinajstić information content (AvgIpc) is 2.41. The van der Waals surface area contributed by atoms with E-state index in [1.165, 1.54) is 18.2 Å². The largest absolute Gasteiger partial charge is 0.383 e. The topological polar surface area (TPSA) is 63.7 Å². The van der Waals surface area contributed by atoms with Gasteiger partial charge in [-0.05, 0) is 24.1 Å². The summed E-state index contributed by atoms with van der Waals surface area (Å²) in [5, 5.41) is 0.239. The van der Waals surface area contributed by atoms with Crippen LogP contribution in [0.25, 0.3) is 0 Å². The standard InChI is InChI=1S/C15H22ClNO4S/c1-11(2)10-17(7-8-21-3)15(18)13-9-12(22(4,19)20)5-6-14(13)16/h5-6,9,11H,7-8,10H2,1-4H3. The van der Waals surface area contributed by atoms with Crippen LogP contribution in [-0.4, -0.2) is 52.3 Å². The number of amides is 1. The Morgan fingerprint density at radius 2 is 2.00 bits per heavy atom. The van der Waals surface area contributed by atoms with Gasteiger partial charge in [0.25, 0.3) is 5.91 Å². The van der Waals surface area contributed by atoms with Crippen molar-refractivity contribution in [3.05, 3.63) is 28.8 Å². The molecule has 22 heavy (non-hydrogen) atoms. The van der Waals surface area contributed by atoms with Gasteiger partial charge in [-0.2, -0.15) is 0 Å². The molecule has 0 spiro atoms. The highest BCUT2D eigenvalue weighted by atomic mass is 35.5. The second-order valence-corrected chi connectivity index (χ2v) is 7.97. The van der Waals surface area contributed by atoms with Crippen LogP contribution in [0.1, 0.15) is 24.2 Å². The highest BCUT2D eigenvalue weighted by molar-refractivity contribution is 7.90. The summed E-state index contributed by atoms with van der Waals surface area (Å²) in [7, 11) is -1.83. The average molecular weight is 348 g/mol. The molecule has 0 saturated carbocycles. The number of sulfone groups is 1. The highest BCUT2D eigenvalue weighted by Crippen LogP contribution is 2.22. The van der Waals surface area contributed by atoms with Crippen LogP contribution >= 0.6 is 11.6 Å². The number of rotatable bonds is 7. The molecule has 0 bridgehead atoms. The Kier molecular flexibility index (Phi) is 6.84. The fourth-order valence-electron chi connectivity index (χ4n) is 1.99. The third-order valence-corrected chi connectivity index (χ3v) is 4.47. The van der Waals surface area contributed by atoms with Gasteiger partial charge in [-0.25, -0.2) is 8.42 Å². The molecule has 1 rings (SSSR count). The van der Waals surface area contributed by atoms with E-state index >= 15 is 0 Å². The molecule has 1 aromatic rings. The molecule has 1 aromatic carbocycles. The minimum absolute atomic E-state index is 0.0801. The van der Waals surface area contributed by atoms with Crippen molar-refractivity contribution in [2.24, 2.45) is 5.92 Å². The number of hydrogen-bond acceptors (Lipinski definition) is 4. The summed E-state index contributed by atoms with van der Waals surface area (Å²) in [5.74, 6) is -0.0149. The number of nitrogens with zero attached hydrogens (tertiary/aromatic N) is 1. The normalized spacial score (nSPS) is 11.7. The van der Waals surface area contributed by atoms with Crippen LogP contribution in [0.2, 0.25) is 5.02 Å². The Hall–Kier alpha value is -1.11. The van der Waals surface area contributed by atoms with E-state index in [0.29, 0.717) is 19.7 Å². The first kappa shape index (κ1) is 18.9. The molecule has 0 saturated heterocycles. The molecule has 0 aliphatic carbocycles. The monoisotopic (exact) mass is 347 g/mol. The van der Waals surface area contributed by atoms with Crippen LogP contribution < -0.4 is 0 Å². The Labute approximate surface area is 137 Å². The quantitative estimate of drug-likeness (QED) is 0.760. The van der Waals surface area contributed by atoms with E-state index in [0.717, 1.165) is 6.26 Å². The van der Waals surface area contributed by atoms with Crippen molar-refractivity contribution in [1.82, 2.24) is 4.90 Å². The first-order chi connectivity index (χ1) is 10.2. The first-order valence-electron chi connectivity index (χ1n) is 6.94. The second kappa shape index (κ2) is 7.94. The summed E-state index contributed by atoms with van der Waals surface area (Å²) in [6, 6.07) is 4.17. The van der Waals surface area contributed by atoms with E-state index in [4.69, 9.17) is 16.3 Å². The van der Waals surface area contributed by atoms with Gasteiger partial charge in [0.05, 0.1) is 22.1 Å². The first-order valence-corrected chi connectivity index (χ1v) is 9.21. The van der Waals surface area contributed by atoms with E-state index in [2.05, 4.69) is 0 Å². The molecule has 0 radical (unpaired) electrons. The Morgan fingerprint density at radius 1 is 1.36 bits per heavy atom. The third kappa shape index (κ3) is 5.26. The SMILES string of the molecule is COCCN(CC(C)C)C(=O)c1cc(S(C)(=O)=O)ccc1Cl. The molecular weight excluding hydrogens is 326 g/mol. The number of hydrogen-bond donors (Lipinski definition) is 0. The number of carbonyl (C=O) groups excluding carboxylic acids is 1. The molecule has 0 atom stereocenters. The third-order valence-electron chi connectivity index (χ3n) is 3.03. The van der Waals surface area contributed by atoms with Crippen LogP contribution in [0.3, 0.4) is 0 Å². The molecular formula is C15H22ClNO4S. The lowest BCUT2D eigenvalue weighted by atomic mass is 10.1. The Bertz CT molecular complexity index is 628. The minimum atomic E-state index is -3.40. The van der Waals surface area contributed by atoms with Gasteiger partial charge in [-0.15, -0.1) is 0 Å². The van der Waals surface area contributed by atoms with E-state index in [1.807, 2.05) is 13.8 Å². The zero-order chi connectivity index (χ0) is 16.9. The van der Waals surface area contributed by atoms with Gasteiger partial charge in [0.2, 0.25) is 0 Å². The maximum Gasteiger partial charge on any atom is 0.255 e. The van der Waals surface area contributed by atoms with Gasteiger partial charge in [0.1, 0.15) is 0 Å². The molecule has 7 heteroatoms. The summed E-state index contributed by atoms with van der Waals surface area (Å²) in [5.41, 5.74) is 0.196. The van der Waals surface area contributed by atoms with Gasteiger partial charge in [-0.3, -0.25) is 4.79 Å². The van der Waals surface area contributed by atoms with Gasteiger partial charge in [0, 0.05) is 26.5 Å². The van der Waals surface area contributed by atoms with Crippen molar-refractivity contribution >= 4 is 27.3 Å².